The van der Waals surface area contributed by atoms with Gasteiger partial charge in [-0.05, 0) is 57.5 Å². The molecule has 0 saturated carbocycles. The topological polar surface area (TPSA) is 67.4 Å². The van der Waals surface area contributed by atoms with Gasteiger partial charge in [-0.25, -0.2) is 4.99 Å². The molecule has 0 unspecified atom stereocenters. The highest BCUT2D eigenvalue weighted by atomic mass is 127. The molecule has 0 aliphatic carbocycles. The van der Waals surface area contributed by atoms with Gasteiger partial charge in [0.1, 0.15) is 0 Å². The summed E-state index contributed by atoms with van der Waals surface area (Å²) in [5.41, 5.74) is 1.00. The predicted molar refractivity (Wildman–Crippen MR) is 129 cm³/mol. The highest BCUT2D eigenvalue weighted by Crippen LogP contribution is 2.38. The van der Waals surface area contributed by atoms with Crippen molar-refractivity contribution in [3.8, 4) is 17.2 Å². The van der Waals surface area contributed by atoms with E-state index in [9.17, 15) is 0 Å². The van der Waals surface area contributed by atoms with Crippen molar-refractivity contribution in [2.24, 2.45) is 4.99 Å². The highest BCUT2D eigenvalue weighted by molar-refractivity contribution is 14.0. The number of nitrogens with one attached hydrogen (secondary N) is 2. The SMILES string of the molecule is CCNC(=NCc1cc(OC)c(OCC)c(OC)c1)NCCN1CCCCC1.I. The number of halogens is 1. The zero-order valence-electron chi connectivity index (χ0n) is 18.3. The zero-order valence-corrected chi connectivity index (χ0v) is 20.6. The van der Waals surface area contributed by atoms with Crippen molar-refractivity contribution in [1.82, 2.24) is 15.5 Å². The van der Waals surface area contributed by atoms with Crippen LogP contribution in [0.5, 0.6) is 17.2 Å². The molecule has 2 N–H and O–H groups in total. The number of rotatable bonds is 10. The first-order chi connectivity index (χ1) is 13.7. The summed E-state index contributed by atoms with van der Waals surface area (Å²) in [5.74, 6) is 2.78. The molecule has 0 aromatic heterocycles. The number of nitrogens with zero attached hydrogens (tertiary/aromatic N) is 2. The van der Waals surface area contributed by atoms with Gasteiger partial charge in [0, 0.05) is 19.6 Å². The number of benzene rings is 1. The lowest BCUT2D eigenvalue weighted by atomic mass is 10.1. The van der Waals surface area contributed by atoms with Crippen LogP contribution in [-0.4, -0.2) is 64.4 Å². The Labute approximate surface area is 192 Å². The number of piperidine rings is 1. The molecule has 1 saturated heterocycles. The first-order valence-electron chi connectivity index (χ1n) is 10.3. The molecule has 0 atom stereocenters. The molecule has 1 aromatic rings. The smallest absolute Gasteiger partial charge is 0.203 e. The molecule has 1 aliphatic rings. The van der Waals surface area contributed by atoms with Crippen LogP contribution < -0.4 is 24.8 Å². The van der Waals surface area contributed by atoms with Crippen LogP contribution in [-0.2, 0) is 6.54 Å². The van der Waals surface area contributed by atoms with Crippen LogP contribution in [0.1, 0.15) is 38.7 Å². The molecule has 1 heterocycles. The maximum atomic E-state index is 5.66. The van der Waals surface area contributed by atoms with E-state index in [2.05, 4.69) is 22.5 Å². The van der Waals surface area contributed by atoms with Crippen molar-refractivity contribution in [3.63, 3.8) is 0 Å². The first kappa shape index (κ1) is 25.6. The maximum Gasteiger partial charge on any atom is 0.203 e. The summed E-state index contributed by atoms with van der Waals surface area (Å²) < 4.78 is 16.6. The molecule has 8 heteroatoms. The molecule has 0 amide bonds. The minimum atomic E-state index is 0. The number of likely N-dealkylation sites (tertiary alicyclic amines) is 1. The number of aliphatic imine (C=N–C) groups is 1. The van der Waals surface area contributed by atoms with Crippen molar-refractivity contribution in [3.05, 3.63) is 17.7 Å². The second-order valence-corrected chi connectivity index (χ2v) is 6.79. The standard InChI is InChI=1S/C21H36N4O3.HI/c1-5-22-21(23-10-13-25-11-8-7-9-12-25)24-16-17-14-18(26-3)20(28-6-2)19(15-17)27-4;/h14-15H,5-13,16H2,1-4H3,(H2,22,23,24);1H. The molecule has 2 rings (SSSR count). The van der Waals surface area contributed by atoms with Crippen LogP contribution in [0.4, 0.5) is 0 Å². The van der Waals surface area contributed by atoms with E-state index in [1.165, 1.54) is 32.4 Å². The van der Waals surface area contributed by atoms with E-state index in [4.69, 9.17) is 19.2 Å². The minimum absolute atomic E-state index is 0. The van der Waals surface area contributed by atoms with E-state index < -0.39 is 0 Å². The third kappa shape index (κ3) is 8.46. The molecule has 1 fully saturated rings. The number of methoxy groups -OCH3 is 2. The fraction of sp³-hybridized carbons (Fsp3) is 0.667. The second kappa shape index (κ2) is 14.5. The normalized spacial score (nSPS) is 14.7. The van der Waals surface area contributed by atoms with Crippen LogP contribution in [0.25, 0.3) is 0 Å². The van der Waals surface area contributed by atoms with E-state index in [1.807, 2.05) is 19.1 Å². The third-order valence-electron chi connectivity index (χ3n) is 4.74. The van der Waals surface area contributed by atoms with Gasteiger partial charge >= 0.3 is 0 Å². The van der Waals surface area contributed by atoms with Gasteiger partial charge in [-0.15, -0.1) is 24.0 Å². The molecule has 1 aliphatic heterocycles. The lowest BCUT2D eigenvalue weighted by Crippen LogP contribution is -2.42. The summed E-state index contributed by atoms with van der Waals surface area (Å²) in [6.07, 6.45) is 3.99. The Morgan fingerprint density at radius 3 is 2.24 bits per heavy atom. The monoisotopic (exact) mass is 520 g/mol. The van der Waals surface area contributed by atoms with Crippen LogP contribution in [0.2, 0.25) is 0 Å². The number of guanidine groups is 1. The van der Waals surface area contributed by atoms with Crippen LogP contribution in [0.3, 0.4) is 0 Å². The molecule has 1 aromatic carbocycles. The largest absolute Gasteiger partial charge is 0.493 e. The van der Waals surface area contributed by atoms with Gasteiger partial charge in [0.05, 0.1) is 27.4 Å². The predicted octanol–water partition coefficient (Wildman–Crippen LogP) is 3.26. The van der Waals surface area contributed by atoms with Gasteiger partial charge in [0.2, 0.25) is 5.75 Å². The second-order valence-electron chi connectivity index (χ2n) is 6.79. The van der Waals surface area contributed by atoms with Gasteiger partial charge < -0.3 is 29.7 Å². The van der Waals surface area contributed by atoms with Gasteiger partial charge in [-0.1, -0.05) is 6.42 Å². The van der Waals surface area contributed by atoms with Gasteiger partial charge in [-0.3, -0.25) is 0 Å². The van der Waals surface area contributed by atoms with E-state index >= 15 is 0 Å². The Morgan fingerprint density at radius 2 is 1.69 bits per heavy atom. The average Bonchev–Trinajstić information content (AvgIpc) is 2.73. The summed E-state index contributed by atoms with van der Waals surface area (Å²) in [7, 11) is 3.27. The lowest BCUT2D eigenvalue weighted by molar-refractivity contribution is 0.232. The van der Waals surface area contributed by atoms with Crippen molar-refractivity contribution in [1.29, 1.82) is 0 Å². The molecular weight excluding hydrogens is 483 g/mol. The number of hydrogen-bond acceptors (Lipinski definition) is 5. The zero-order chi connectivity index (χ0) is 20.2. The summed E-state index contributed by atoms with van der Waals surface area (Å²) in [6, 6.07) is 3.91. The quantitative estimate of drug-likeness (QED) is 0.281. The van der Waals surface area contributed by atoms with Crippen molar-refractivity contribution >= 4 is 29.9 Å². The Kier molecular flexibility index (Phi) is 12.8. The summed E-state index contributed by atoms with van der Waals surface area (Å²) in [6.45, 7) is 10.3. The van der Waals surface area contributed by atoms with Gasteiger partial charge in [0.25, 0.3) is 0 Å². The van der Waals surface area contributed by atoms with E-state index in [-0.39, 0.29) is 24.0 Å². The van der Waals surface area contributed by atoms with E-state index in [0.717, 1.165) is 31.2 Å². The van der Waals surface area contributed by atoms with Crippen molar-refractivity contribution in [2.45, 2.75) is 39.7 Å². The van der Waals surface area contributed by atoms with E-state index in [1.54, 1.807) is 14.2 Å². The Morgan fingerprint density at radius 1 is 1.03 bits per heavy atom. The molecular formula is C21H37IN4O3. The van der Waals surface area contributed by atoms with Crippen LogP contribution >= 0.6 is 24.0 Å². The lowest BCUT2D eigenvalue weighted by Gasteiger charge is -2.26. The summed E-state index contributed by atoms with van der Waals surface area (Å²) >= 11 is 0. The number of hydrogen-bond donors (Lipinski definition) is 2. The molecule has 166 valence electrons. The highest BCUT2D eigenvalue weighted by Gasteiger charge is 2.14. The third-order valence-corrected chi connectivity index (χ3v) is 4.74. The fourth-order valence-electron chi connectivity index (χ4n) is 3.34. The summed E-state index contributed by atoms with van der Waals surface area (Å²) in [5, 5.41) is 6.75. The molecule has 0 spiro atoms. The maximum absolute atomic E-state index is 5.66. The average molecular weight is 520 g/mol. The minimum Gasteiger partial charge on any atom is -0.493 e. The fourth-order valence-corrected chi connectivity index (χ4v) is 3.34. The Bertz CT molecular complexity index is 597. The Balaban J connectivity index is 0.00000420. The summed E-state index contributed by atoms with van der Waals surface area (Å²) in [4.78, 5) is 7.23. The molecule has 0 radical (unpaired) electrons. The molecule has 29 heavy (non-hydrogen) atoms. The van der Waals surface area contributed by atoms with Crippen LogP contribution in [0, 0.1) is 0 Å². The van der Waals surface area contributed by atoms with Crippen LogP contribution in [0.15, 0.2) is 17.1 Å². The van der Waals surface area contributed by atoms with Gasteiger partial charge in [0.15, 0.2) is 17.5 Å². The van der Waals surface area contributed by atoms with Gasteiger partial charge in [-0.2, -0.15) is 0 Å². The molecule has 0 bridgehead atoms. The number of ether oxygens (including phenoxy) is 3. The molecule has 7 nitrogen and oxygen atoms in total. The first-order valence-corrected chi connectivity index (χ1v) is 10.3. The Hall–Kier alpha value is -1.42. The van der Waals surface area contributed by atoms with Crippen molar-refractivity contribution in [2.75, 3.05) is 53.6 Å². The van der Waals surface area contributed by atoms with E-state index in [0.29, 0.717) is 30.4 Å². The van der Waals surface area contributed by atoms with Crippen molar-refractivity contribution < 1.29 is 14.2 Å².